The summed E-state index contributed by atoms with van der Waals surface area (Å²) in [6.45, 7) is 1.93. The van der Waals surface area contributed by atoms with Crippen LogP contribution in [0.25, 0.3) is 0 Å². The number of nitrogens with zero attached hydrogens (tertiary/aromatic N) is 1. The molecule has 0 bridgehead atoms. The normalized spacial score (nSPS) is 18.3. The number of nitrogens with one attached hydrogen (secondary N) is 2. The maximum Gasteiger partial charge on any atom is 0.344 e. The van der Waals surface area contributed by atoms with Crippen LogP contribution in [0.15, 0.2) is 54.6 Å². The van der Waals surface area contributed by atoms with Crippen LogP contribution in [0.3, 0.4) is 0 Å². The molecule has 8 nitrogen and oxygen atoms in total. The van der Waals surface area contributed by atoms with Gasteiger partial charge < -0.3 is 14.8 Å². The number of amides is 4. The highest BCUT2D eigenvalue weighted by Gasteiger charge is 2.49. The Morgan fingerprint density at radius 1 is 1.07 bits per heavy atom. The Balaban J connectivity index is 1.48. The van der Waals surface area contributed by atoms with Gasteiger partial charge in [-0.15, -0.1) is 0 Å². The number of carbonyl (C=O) groups excluding carboxylic acids is 3. The number of rotatable bonds is 8. The smallest absolute Gasteiger partial charge is 0.344 e. The zero-order valence-electron chi connectivity index (χ0n) is 16.3. The number of methoxy groups -OCH3 is 1. The highest BCUT2D eigenvalue weighted by molar-refractivity contribution is 6.08. The van der Waals surface area contributed by atoms with Gasteiger partial charge in [0.25, 0.3) is 5.91 Å². The Kier molecular flexibility index (Phi) is 6.01. The molecule has 0 spiro atoms. The third-order valence-corrected chi connectivity index (χ3v) is 4.65. The average Bonchev–Trinajstić information content (AvgIpc) is 2.96. The van der Waals surface area contributed by atoms with E-state index >= 15 is 0 Å². The van der Waals surface area contributed by atoms with Crippen molar-refractivity contribution in [2.75, 3.05) is 13.7 Å². The first-order valence-electron chi connectivity index (χ1n) is 9.22. The van der Waals surface area contributed by atoms with Crippen LogP contribution in [-0.4, -0.2) is 36.6 Å². The first-order chi connectivity index (χ1) is 13.9. The van der Waals surface area contributed by atoms with Gasteiger partial charge in [0.15, 0.2) is 0 Å². The van der Waals surface area contributed by atoms with Crippen molar-refractivity contribution in [2.24, 2.45) is 0 Å². The number of carbonyl (C=O) groups is 3. The molecule has 2 N–H and O–H groups in total. The summed E-state index contributed by atoms with van der Waals surface area (Å²) in [5.74, 6) is 0.424. The van der Waals surface area contributed by atoms with Gasteiger partial charge in [0.05, 0.1) is 13.7 Å². The lowest BCUT2D eigenvalue weighted by Gasteiger charge is -2.22. The quantitative estimate of drug-likeness (QED) is 0.526. The van der Waals surface area contributed by atoms with E-state index in [1.807, 2.05) is 6.07 Å². The molecule has 3 rings (SSSR count). The monoisotopic (exact) mass is 397 g/mol. The van der Waals surface area contributed by atoms with E-state index < -0.39 is 23.4 Å². The third kappa shape index (κ3) is 4.48. The van der Waals surface area contributed by atoms with Gasteiger partial charge in [0.2, 0.25) is 5.91 Å². The molecule has 4 amide bonds. The standard InChI is InChI=1S/C21H23N3O5/c1-21(15-7-4-3-5-8-15)19(26)24(20(27)22-21)23-18(25)9-6-14-29-17-12-10-16(28-2)11-13-17/h3-5,7-8,10-13H,6,9,14H2,1-2H3,(H,22,27)(H,23,25)/t21-/m0/s1. The second-order valence-electron chi connectivity index (χ2n) is 6.72. The molecule has 1 atom stereocenters. The number of hydrazine groups is 1. The second-order valence-corrected chi connectivity index (χ2v) is 6.72. The van der Waals surface area contributed by atoms with Crippen LogP contribution in [0.5, 0.6) is 11.5 Å². The first kappa shape index (κ1) is 20.2. The van der Waals surface area contributed by atoms with Crippen LogP contribution in [0.2, 0.25) is 0 Å². The molecule has 8 heteroatoms. The van der Waals surface area contributed by atoms with E-state index in [1.165, 1.54) is 0 Å². The number of urea groups is 1. The molecule has 1 heterocycles. The van der Waals surface area contributed by atoms with Crippen LogP contribution in [0.1, 0.15) is 25.3 Å². The maximum atomic E-state index is 12.7. The summed E-state index contributed by atoms with van der Waals surface area (Å²) in [6, 6.07) is 15.3. The molecule has 0 aromatic heterocycles. The first-order valence-corrected chi connectivity index (χ1v) is 9.22. The van der Waals surface area contributed by atoms with Crippen molar-refractivity contribution in [2.45, 2.75) is 25.3 Å². The molecule has 29 heavy (non-hydrogen) atoms. The van der Waals surface area contributed by atoms with E-state index in [2.05, 4.69) is 10.7 Å². The van der Waals surface area contributed by atoms with Gasteiger partial charge in [0, 0.05) is 6.42 Å². The number of hydrogen-bond donors (Lipinski definition) is 2. The lowest BCUT2D eigenvalue weighted by Crippen LogP contribution is -2.47. The van der Waals surface area contributed by atoms with Crippen molar-refractivity contribution < 1.29 is 23.9 Å². The molecule has 0 radical (unpaired) electrons. The van der Waals surface area contributed by atoms with E-state index in [0.717, 1.165) is 10.8 Å². The van der Waals surface area contributed by atoms with E-state index in [1.54, 1.807) is 62.6 Å². The summed E-state index contributed by atoms with van der Waals surface area (Å²) in [7, 11) is 1.59. The molecule has 1 aliphatic rings. The second kappa shape index (κ2) is 8.64. The zero-order chi connectivity index (χ0) is 20.9. The Morgan fingerprint density at radius 3 is 2.38 bits per heavy atom. The van der Waals surface area contributed by atoms with Gasteiger partial charge in [-0.25, -0.2) is 4.79 Å². The zero-order valence-corrected chi connectivity index (χ0v) is 16.3. The SMILES string of the molecule is COc1ccc(OCCCC(=O)NN2C(=O)N[C@@](C)(c3ccccc3)C2=O)cc1. The van der Waals surface area contributed by atoms with Crippen LogP contribution in [-0.2, 0) is 15.1 Å². The maximum absolute atomic E-state index is 12.7. The van der Waals surface area contributed by atoms with Crippen molar-refractivity contribution in [3.05, 3.63) is 60.2 Å². The predicted octanol–water partition coefficient (Wildman–Crippen LogP) is 2.35. The summed E-state index contributed by atoms with van der Waals surface area (Å²) >= 11 is 0. The molecular formula is C21H23N3O5. The molecule has 0 unspecified atom stereocenters. The summed E-state index contributed by atoms with van der Waals surface area (Å²) in [4.78, 5) is 37.1. The minimum absolute atomic E-state index is 0.106. The van der Waals surface area contributed by atoms with Gasteiger partial charge in [0.1, 0.15) is 17.0 Å². The number of ether oxygens (including phenoxy) is 2. The molecule has 1 saturated heterocycles. The van der Waals surface area contributed by atoms with Crippen molar-refractivity contribution in [1.82, 2.24) is 15.8 Å². The van der Waals surface area contributed by atoms with E-state index in [4.69, 9.17) is 9.47 Å². The highest BCUT2D eigenvalue weighted by atomic mass is 16.5. The fourth-order valence-electron chi connectivity index (χ4n) is 2.98. The Bertz CT molecular complexity index is 885. The van der Waals surface area contributed by atoms with Crippen molar-refractivity contribution >= 4 is 17.8 Å². The van der Waals surface area contributed by atoms with Crippen LogP contribution in [0, 0.1) is 0 Å². The topological polar surface area (TPSA) is 97.0 Å². The fraction of sp³-hybridized carbons (Fsp3) is 0.286. The molecule has 0 saturated carbocycles. The fourth-order valence-corrected chi connectivity index (χ4v) is 2.98. The predicted molar refractivity (Wildman–Crippen MR) is 105 cm³/mol. The number of imide groups is 1. The van der Waals surface area contributed by atoms with E-state index in [9.17, 15) is 14.4 Å². The van der Waals surface area contributed by atoms with Gasteiger partial charge in [-0.3, -0.25) is 15.0 Å². The van der Waals surface area contributed by atoms with Crippen molar-refractivity contribution in [1.29, 1.82) is 0 Å². The molecule has 0 aliphatic carbocycles. The number of hydrogen-bond acceptors (Lipinski definition) is 5. The van der Waals surface area contributed by atoms with E-state index in [0.29, 0.717) is 24.3 Å². The Labute approximate surface area is 168 Å². The Hall–Kier alpha value is -3.55. The molecule has 2 aromatic rings. The highest BCUT2D eigenvalue weighted by Crippen LogP contribution is 2.27. The molecule has 2 aromatic carbocycles. The summed E-state index contributed by atoms with van der Waals surface area (Å²) < 4.78 is 10.6. The Morgan fingerprint density at radius 2 is 1.72 bits per heavy atom. The molecule has 152 valence electrons. The van der Waals surface area contributed by atoms with Gasteiger partial charge in [-0.1, -0.05) is 30.3 Å². The summed E-state index contributed by atoms with van der Waals surface area (Å²) in [5.41, 5.74) is 1.80. The van der Waals surface area contributed by atoms with Crippen molar-refractivity contribution in [3.8, 4) is 11.5 Å². The largest absolute Gasteiger partial charge is 0.497 e. The molecule has 1 fully saturated rings. The summed E-state index contributed by atoms with van der Waals surface area (Å²) in [5, 5.41) is 3.37. The summed E-state index contributed by atoms with van der Waals surface area (Å²) in [6.07, 6.45) is 0.534. The lowest BCUT2D eigenvalue weighted by atomic mass is 9.92. The van der Waals surface area contributed by atoms with Crippen LogP contribution in [0.4, 0.5) is 4.79 Å². The van der Waals surface area contributed by atoms with Crippen molar-refractivity contribution in [3.63, 3.8) is 0 Å². The number of benzene rings is 2. The van der Waals surface area contributed by atoms with E-state index in [-0.39, 0.29) is 6.42 Å². The van der Waals surface area contributed by atoms with Gasteiger partial charge >= 0.3 is 6.03 Å². The third-order valence-electron chi connectivity index (χ3n) is 4.65. The molecule has 1 aliphatic heterocycles. The minimum atomic E-state index is -1.22. The minimum Gasteiger partial charge on any atom is -0.497 e. The average molecular weight is 397 g/mol. The van der Waals surface area contributed by atoms with Crippen LogP contribution >= 0.6 is 0 Å². The lowest BCUT2D eigenvalue weighted by molar-refractivity contribution is -0.139. The van der Waals surface area contributed by atoms with Gasteiger partial charge in [-0.05, 0) is 43.2 Å². The van der Waals surface area contributed by atoms with Crippen LogP contribution < -0.4 is 20.2 Å². The molecular weight excluding hydrogens is 374 g/mol. The van der Waals surface area contributed by atoms with Gasteiger partial charge in [-0.2, -0.15) is 5.01 Å².